The molecule has 1 N–H and O–H groups in total. The van der Waals surface area contributed by atoms with E-state index in [1.165, 1.54) is 6.08 Å². The molecule has 0 bridgehead atoms. The molecule has 0 aromatic heterocycles. The molecule has 1 unspecified atom stereocenters. The van der Waals surface area contributed by atoms with Gasteiger partial charge in [-0.25, -0.2) is 0 Å². The van der Waals surface area contributed by atoms with E-state index in [9.17, 15) is 9.90 Å². The molecular weight excluding hydrogens is 187 g/mol. The molecule has 4 heteroatoms. The lowest BCUT2D eigenvalue weighted by atomic mass is 10.0. The molecule has 0 aliphatic carbocycles. The molecule has 0 radical (unpaired) electrons. The Bertz CT molecular complexity index is 203. The molecule has 0 aromatic rings. The number of aliphatic hydroxyl groups is 1. The molecule has 0 saturated heterocycles. The molecule has 76 valence electrons. The van der Waals surface area contributed by atoms with Crippen molar-refractivity contribution < 1.29 is 14.4 Å². The average Bonchev–Trinajstić information content (AvgIpc) is 1.98. The fraction of sp³-hybridized carbons (Fsp3) is 0.667. The number of carbonyl (C=O) groups excluding carboxylic acids is 1. The highest BCUT2D eigenvalue weighted by atomic mass is 31.1. The maximum atomic E-state index is 11.2. The largest absolute Gasteiger partial charge is 0.384 e. The van der Waals surface area contributed by atoms with Gasteiger partial charge in [-0.3, -0.25) is 4.79 Å². The third-order valence-corrected chi connectivity index (χ3v) is 2.45. The Morgan fingerprint density at radius 2 is 1.92 bits per heavy atom. The summed E-state index contributed by atoms with van der Waals surface area (Å²) in [6.45, 7) is 9.98. The summed E-state index contributed by atoms with van der Waals surface area (Å²) in [5.74, 6) is -0.177. The fourth-order valence-electron chi connectivity index (χ4n) is 0.549. The van der Waals surface area contributed by atoms with E-state index < -0.39 is 10.9 Å². The van der Waals surface area contributed by atoms with E-state index in [-0.39, 0.29) is 14.6 Å². The van der Waals surface area contributed by atoms with Gasteiger partial charge in [-0.1, -0.05) is 6.58 Å². The van der Waals surface area contributed by atoms with Crippen LogP contribution in [0, 0.1) is 0 Å². The summed E-state index contributed by atoms with van der Waals surface area (Å²) in [5, 5.41) is 8.50. The quantitative estimate of drug-likeness (QED) is 0.549. The van der Waals surface area contributed by atoms with Gasteiger partial charge >= 0.3 is 0 Å². The lowest BCUT2D eigenvalue weighted by Gasteiger charge is -2.26. The van der Waals surface area contributed by atoms with Crippen LogP contribution in [0.1, 0.15) is 27.7 Å². The molecule has 0 saturated carbocycles. The van der Waals surface area contributed by atoms with E-state index >= 15 is 0 Å². The maximum absolute atomic E-state index is 11.2. The van der Waals surface area contributed by atoms with E-state index in [0.29, 0.717) is 0 Å². The van der Waals surface area contributed by atoms with Gasteiger partial charge in [0.25, 0.3) is 0 Å². The first-order chi connectivity index (χ1) is 5.69. The molecule has 0 fully saturated rings. The summed E-state index contributed by atoms with van der Waals surface area (Å²) in [6.07, 6.45) is 1.23. The van der Waals surface area contributed by atoms with Crippen LogP contribution in [0.15, 0.2) is 12.7 Å². The minimum absolute atomic E-state index is 0.124. The Morgan fingerprint density at radius 3 is 2.23 bits per heavy atom. The van der Waals surface area contributed by atoms with Gasteiger partial charge in [0.1, 0.15) is 5.60 Å². The van der Waals surface area contributed by atoms with Crippen LogP contribution >= 0.6 is 8.81 Å². The molecule has 0 amide bonds. The van der Waals surface area contributed by atoms with Crippen molar-refractivity contribution in [2.24, 2.45) is 0 Å². The number of hydrogen-bond donors (Lipinski definition) is 1. The van der Waals surface area contributed by atoms with Crippen molar-refractivity contribution in [3.63, 3.8) is 0 Å². The van der Waals surface area contributed by atoms with Crippen LogP contribution in [0.4, 0.5) is 0 Å². The van der Waals surface area contributed by atoms with E-state index in [1.807, 2.05) is 0 Å². The number of carbonyl (C=O) groups is 1. The lowest BCUT2D eigenvalue weighted by Crippen LogP contribution is -2.32. The second-order valence-electron chi connectivity index (χ2n) is 3.84. The third-order valence-electron chi connectivity index (χ3n) is 1.33. The first-order valence-corrected chi connectivity index (χ1v) is 4.94. The Balaban J connectivity index is 4.19. The Morgan fingerprint density at radius 1 is 1.46 bits per heavy atom. The number of rotatable bonds is 5. The van der Waals surface area contributed by atoms with E-state index in [0.717, 1.165) is 0 Å². The van der Waals surface area contributed by atoms with Crippen molar-refractivity contribution in [3.8, 4) is 0 Å². The predicted octanol–water partition coefficient (Wildman–Crippen LogP) is 1.86. The Kier molecular flexibility index (Phi) is 4.24. The van der Waals surface area contributed by atoms with Gasteiger partial charge < -0.3 is 9.63 Å². The smallest absolute Gasteiger partial charge is 0.186 e. The summed E-state index contributed by atoms with van der Waals surface area (Å²) in [5.41, 5.74) is -0.889. The van der Waals surface area contributed by atoms with Crippen LogP contribution in [-0.2, 0) is 9.32 Å². The molecule has 0 aliphatic heterocycles. The highest BCUT2D eigenvalue weighted by molar-refractivity contribution is 7.34. The second kappa shape index (κ2) is 4.32. The number of hydrogen-bond acceptors (Lipinski definition) is 3. The van der Waals surface area contributed by atoms with E-state index in [2.05, 4.69) is 6.58 Å². The molecule has 13 heavy (non-hydrogen) atoms. The van der Waals surface area contributed by atoms with Gasteiger partial charge in [-0.05, 0) is 33.8 Å². The van der Waals surface area contributed by atoms with Crippen LogP contribution in [0.2, 0.25) is 0 Å². The standard InChI is InChI=1S/C9H17O3P/c1-6-7(10)8(2,3)12-13-9(4,5)11/h6,11,13H,1H2,2-5H3. The topological polar surface area (TPSA) is 46.5 Å². The Hall–Kier alpha value is -0.240. The first-order valence-electron chi connectivity index (χ1n) is 4.03. The molecule has 3 nitrogen and oxygen atoms in total. The van der Waals surface area contributed by atoms with Crippen LogP contribution < -0.4 is 0 Å². The molecule has 0 aromatic carbocycles. The van der Waals surface area contributed by atoms with Gasteiger partial charge in [-0.2, -0.15) is 0 Å². The summed E-state index contributed by atoms with van der Waals surface area (Å²) in [6, 6.07) is 0. The lowest BCUT2D eigenvalue weighted by molar-refractivity contribution is -0.126. The van der Waals surface area contributed by atoms with Gasteiger partial charge in [0.15, 0.2) is 5.78 Å². The molecule has 0 heterocycles. The SMILES string of the molecule is C=CC(=O)C(C)(C)OPC(C)(C)O. The zero-order valence-electron chi connectivity index (χ0n) is 8.55. The van der Waals surface area contributed by atoms with Crippen molar-refractivity contribution in [2.75, 3.05) is 0 Å². The molecule has 0 spiro atoms. The van der Waals surface area contributed by atoms with Gasteiger partial charge in [-0.15, -0.1) is 0 Å². The summed E-state index contributed by atoms with van der Waals surface area (Å²) < 4.78 is 5.30. The average molecular weight is 204 g/mol. The molecule has 1 atom stereocenters. The van der Waals surface area contributed by atoms with Crippen molar-refractivity contribution >= 4 is 14.6 Å². The monoisotopic (exact) mass is 204 g/mol. The van der Waals surface area contributed by atoms with Crippen molar-refractivity contribution in [2.45, 2.75) is 38.6 Å². The van der Waals surface area contributed by atoms with Crippen molar-refractivity contribution in [3.05, 3.63) is 12.7 Å². The minimum Gasteiger partial charge on any atom is -0.384 e. The third kappa shape index (κ3) is 5.14. The van der Waals surface area contributed by atoms with Crippen LogP contribution in [0.5, 0.6) is 0 Å². The van der Waals surface area contributed by atoms with Crippen molar-refractivity contribution in [1.82, 2.24) is 0 Å². The van der Waals surface area contributed by atoms with Crippen molar-refractivity contribution in [1.29, 1.82) is 0 Å². The highest BCUT2D eigenvalue weighted by Crippen LogP contribution is 2.34. The Labute approximate surface area is 81.0 Å². The predicted molar refractivity (Wildman–Crippen MR) is 55.0 cm³/mol. The molecule has 0 rings (SSSR count). The first kappa shape index (κ1) is 12.8. The van der Waals surface area contributed by atoms with E-state index in [1.54, 1.807) is 27.7 Å². The van der Waals surface area contributed by atoms with Gasteiger partial charge in [0.05, 0.1) is 5.34 Å². The van der Waals surface area contributed by atoms with Gasteiger partial charge in [0.2, 0.25) is 0 Å². The second-order valence-corrected chi connectivity index (χ2v) is 5.47. The number of ketones is 1. The highest BCUT2D eigenvalue weighted by Gasteiger charge is 2.28. The maximum Gasteiger partial charge on any atom is 0.186 e. The molecule has 0 aliphatic rings. The fourth-order valence-corrected chi connectivity index (χ4v) is 1.15. The zero-order chi connectivity index (χ0) is 10.7. The minimum atomic E-state index is -0.890. The summed E-state index contributed by atoms with van der Waals surface area (Å²) in [7, 11) is -0.124. The van der Waals surface area contributed by atoms with Crippen LogP contribution in [0.3, 0.4) is 0 Å². The van der Waals surface area contributed by atoms with E-state index in [4.69, 9.17) is 4.52 Å². The normalized spacial score (nSPS) is 13.6. The van der Waals surface area contributed by atoms with Crippen LogP contribution in [0.25, 0.3) is 0 Å². The van der Waals surface area contributed by atoms with Crippen LogP contribution in [-0.4, -0.2) is 21.8 Å². The summed E-state index contributed by atoms with van der Waals surface area (Å²) in [4.78, 5) is 11.2. The zero-order valence-corrected chi connectivity index (χ0v) is 9.55. The summed E-state index contributed by atoms with van der Waals surface area (Å²) >= 11 is 0. The molecular formula is C9H17O3P. The van der Waals surface area contributed by atoms with Gasteiger partial charge in [0, 0.05) is 8.81 Å².